The molecule has 5 rings (SSSR count). The van der Waals surface area contributed by atoms with Gasteiger partial charge in [0.15, 0.2) is 0 Å². The Bertz CT molecular complexity index is 1160. The molecule has 29 heavy (non-hydrogen) atoms. The largest absolute Gasteiger partial charge is 0.497 e. The average molecular weight is 387 g/mol. The van der Waals surface area contributed by atoms with Crippen molar-refractivity contribution in [1.29, 1.82) is 0 Å². The van der Waals surface area contributed by atoms with E-state index >= 15 is 0 Å². The number of nitrogens with one attached hydrogen (secondary N) is 2. The van der Waals surface area contributed by atoms with Crippen LogP contribution in [0.5, 0.6) is 5.75 Å². The molecule has 1 atom stereocenters. The van der Waals surface area contributed by atoms with Gasteiger partial charge in [0.1, 0.15) is 11.8 Å². The molecule has 0 bridgehead atoms. The van der Waals surface area contributed by atoms with Crippen LogP contribution in [0.1, 0.15) is 28.6 Å². The fourth-order valence-corrected chi connectivity index (χ4v) is 4.04. The predicted octanol–water partition coefficient (Wildman–Crippen LogP) is 3.01. The highest BCUT2D eigenvalue weighted by molar-refractivity contribution is 5.82. The van der Waals surface area contributed by atoms with Crippen molar-refractivity contribution >= 4 is 16.9 Å². The van der Waals surface area contributed by atoms with Crippen LogP contribution < -0.4 is 4.74 Å². The fraction of sp³-hybridized carbons (Fsp3) is 0.227. The minimum Gasteiger partial charge on any atom is -0.497 e. The zero-order chi connectivity index (χ0) is 19.8. The third-order valence-corrected chi connectivity index (χ3v) is 5.52. The van der Waals surface area contributed by atoms with Crippen LogP contribution in [0.15, 0.2) is 55.1 Å². The summed E-state index contributed by atoms with van der Waals surface area (Å²) < 4.78 is 5.28. The lowest BCUT2D eigenvalue weighted by Gasteiger charge is -2.35. The zero-order valence-electron chi connectivity index (χ0n) is 16.1. The minimum atomic E-state index is -0.209. The van der Waals surface area contributed by atoms with Crippen molar-refractivity contribution in [3.63, 3.8) is 0 Å². The van der Waals surface area contributed by atoms with Gasteiger partial charge in [0.25, 0.3) is 0 Å². The van der Waals surface area contributed by atoms with Crippen LogP contribution in [0.4, 0.5) is 0 Å². The number of imidazole rings is 2. The van der Waals surface area contributed by atoms with Crippen molar-refractivity contribution in [1.82, 2.24) is 24.8 Å². The van der Waals surface area contributed by atoms with Gasteiger partial charge in [-0.05, 0) is 35.4 Å². The minimum absolute atomic E-state index is 0.0818. The Morgan fingerprint density at radius 2 is 1.97 bits per heavy atom. The molecular weight excluding hydrogens is 366 g/mol. The first kappa shape index (κ1) is 17.5. The Hall–Kier alpha value is -3.61. The molecule has 1 amide bonds. The molecule has 0 unspecified atom stereocenters. The van der Waals surface area contributed by atoms with E-state index in [9.17, 15) is 4.79 Å². The van der Waals surface area contributed by atoms with E-state index in [2.05, 4.69) is 19.9 Å². The maximum absolute atomic E-state index is 13.3. The summed E-state index contributed by atoms with van der Waals surface area (Å²) in [5, 5.41) is 0. The highest BCUT2D eigenvalue weighted by atomic mass is 16.5. The van der Waals surface area contributed by atoms with E-state index in [4.69, 9.17) is 4.74 Å². The Kier molecular flexibility index (Phi) is 4.27. The number of benzene rings is 2. The molecule has 0 saturated heterocycles. The Labute approximate surface area is 167 Å². The maximum Gasteiger partial charge on any atom is 0.227 e. The van der Waals surface area contributed by atoms with Crippen LogP contribution in [0.2, 0.25) is 0 Å². The summed E-state index contributed by atoms with van der Waals surface area (Å²) >= 11 is 0. The van der Waals surface area contributed by atoms with Crippen molar-refractivity contribution in [3.05, 3.63) is 77.6 Å². The number of carbonyl (C=O) groups excluding carboxylic acids is 1. The van der Waals surface area contributed by atoms with Crippen LogP contribution in [-0.4, -0.2) is 44.4 Å². The highest BCUT2D eigenvalue weighted by Crippen LogP contribution is 2.34. The molecule has 146 valence electrons. The summed E-state index contributed by atoms with van der Waals surface area (Å²) in [6, 6.07) is 13.5. The third-order valence-electron chi connectivity index (χ3n) is 5.52. The van der Waals surface area contributed by atoms with Gasteiger partial charge < -0.3 is 19.6 Å². The first-order valence-corrected chi connectivity index (χ1v) is 9.60. The number of fused-ring (bicyclic) bond motifs is 2. The van der Waals surface area contributed by atoms with Crippen LogP contribution in [0.3, 0.4) is 0 Å². The number of aromatic amines is 2. The Morgan fingerprint density at radius 1 is 1.14 bits per heavy atom. The molecule has 2 N–H and O–H groups in total. The topological polar surface area (TPSA) is 86.9 Å². The van der Waals surface area contributed by atoms with E-state index in [1.54, 1.807) is 19.8 Å². The van der Waals surface area contributed by atoms with Gasteiger partial charge in [0.2, 0.25) is 5.91 Å². The fourth-order valence-electron chi connectivity index (χ4n) is 4.04. The molecule has 0 aliphatic carbocycles. The van der Waals surface area contributed by atoms with Gasteiger partial charge in [-0.1, -0.05) is 18.2 Å². The monoisotopic (exact) mass is 387 g/mol. The summed E-state index contributed by atoms with van der Waals surface area (Å²) in [5.74, 6) is 0.871. The third kappa shape index (κ3) is 3.14. The highest BCUT2D eigenvalue weighted by Gasteiger charge is 2.33. The van der Waals surface area contributed by atoms with Gasteiger partial charge >= 0.3 is 0 Å². The van der Waals surface area contributed by atoms with Crippen LogP contribution in [0, 0.1) is 0 Å². The Balaban J connectivity index is 1.47. The van der Waals surface area contributed by atoms with Crippen molar-refractivity contribution in [2.45, 2.75) is 18.9 Å². The van der Waals surface area contributed by atoms with E-state index in [0.717, 1.165) is 45.7 Å². The van der Waals surface area contributed by atoms with Crippen LogP contribution in [-0.2, 0) is 17.6 Å². The van der Waals surface area contributed by atoms with E-state index in [0.29, 0.717) is 13.0 Å². The van der Waals surface area contributed by atoms with Crippen molar-refractivity contribution in [2.24, 2.45) is 0 Å². The van der Waals surface area contributed by atoms with E-state index in [1.165, 1.54) is 0 Å². The molecule has 0 radical (unpaired) electrons. The van der Waals surface area contributed by atoms with Crippen LogP contribution in [0.25, 0.3) is 11.0 Å². The second-order valence-corrected chi connectivity index (χ2v) is 7.21. The second-order valence-electron chi connectivity index (χ2n) is 7.21. The van der Waals surface area contributed by atoms with E-state index < -0.39 is 0 Å². The van der Waals surface area contributed by atoms with Crippen molar-refractivity contribution in [3.8, 4) is 5.75 Å². The average Bonchev–Trinajstić information content (AvgIpc) is 3.42. The first-order valence-electron chi connectivity index (χ1n) is 9.60. The number of hydrogen-bond donors (Lipinski definition) is 2. The number of methoxy groups -OCH3 is 1. The molecule has 7 heteroatoms. The number of carbonyl (C=O) groups is 1. The molecule has 3 heterocycles. The normalized spacial score (nSPS) is 16.0. The van der Waals surface area contributed by atoms with Gasteiger partial charge in [-0.2, -0.15) is 0 Å². The van der Waals surface area contributed by atoms with Gasteiger partial charge in [-0.15, -0.1) is 0 Å². The quantitative estimate of drug-likeness (QED) is 0.564. The number of rotatable bonds is 4. The molecule has 0 spiro atoms. The van der Waals surface area contributed by atoms with Gasteiger partial charge in [0, 0.05) is 18.7 Å². The molecule has 7 nitrogen and oxygen atoms in total. The molecule has 0 fully saturated rings. The van der Waals surface area contributed by atoms with Gasteiger partial charge in [0.05, 0.1) is 42.9 Å². The number of nitrogens with zero attached hydrogens (tertiary/aromatic N) is 3. The summed E-state index contributed by atoms with van der Waals surface area (Å²) in [4.78, 5) is 30.4. The van der Waals surface area contributed by atoms with Crippen molar-refractivity contribution in [2.75, 3.05) is 13.7 Å². The van der Waals surface area contributed by atoms with E-state index in [1.807, 2.05) is 47.4 Å². The molecular formula is C22H21N5O2. The van der Waals surface area contributed by atoms with Crippen LogP contribution >= 0.6 is 0 Å². The smallest absolute Gasteiger partial charge is 0.227 e. The number of H-pyrrole nitrogens is 2. The molecule has 2 aromatic carbocycles. The molecule has 2 aromatic heterocycles. The lowest BCUT2D eigenvalue weighted by molar-refractivity contribution is -0.132. The number of amides is 1. The maximum atomic E-state index is 13.3. The molecule has 4 aromatic rings. The van der Waals surface area contributed by atoms with Crippen molar-refractivity contribution < 1.29 is 9.53 Å². The zero-order valence-corrected chi connectivity index (χ0v) is 16.1. The number of aromatic nitrogens is 4. The number of ether oxygens (including phenoxy) is 1. The van der Waals surface area contributed by atoms with Gasteiger partial charge in [-0.25, -0.2) is 9.97 Å². The lowest BCUT2D eigenvalue weighted by atomic mass is 9.94. The summed E-state index contributed by atoms with van der Waals surface area (Å²) in [5.41, 5.74) is 5.84. The first-order chi connectivity index (χ1) is 14.2. The molecule has 1 aliphatic heterocycles. The molecule has 0 saturated carbocycles. The van der Waals surface area contributed by atoms with E-state index in [-0.39, 0.29) is 11.9 Å². The SMILES string of the molecule is COc1ccc([C@@H]2c3nc[nH]c3CCN2C(=O)Cc2ccc3nc[nH]c3c2)cc1. The lowest BCUT2D eigenvalue weighted by Crippen LogP contribution is -2.41. The summed E-state index contributed by atoms with van der Waals surface area (Å²) in [7, 11) is 1.65. The predicted molar refractivity (Wildman–Crippen MR) is 109 cm³/mol. The Morgan fingerprint density at radius 3 is 2.79 bits per heavy atom. The summed E-state index contributed by atoms with van der Waals surface area (Å²) in [6.07, 6.45) is 4.48. The van der Waals surface area contributed by atoms with Gasteiger partial charge in [-0.3, -0.25) is 4.79 Å². The summed E-state index contributed by atoms with van der Waals surface area (Å²) in [6.45, 7) is 0.650. The number of hydrogen-bond acceptors (Lipinski definition) is 4. The second kappa shape index (κ2) is 7.09. The molecule has 1 aliphatic rings. The standard InChI is InChI=1S/C22H21N5O2/c1-29-16-5-3-15(4-6-16)22-21-18(24-13-26-21)8-9-27(22)20(28)11-14-2-7-17-19(10-14)25-12-23-17/h2-7,10,12-13,22H,8-9,11H2,1H3,(H,23,25)(H,24,26)/t22-/m1/s1.